The van der Waals surface area contributed by atoms with E-state index in [1.165, 1.54) is 12.1 Å². The number of rotatable bonds is 2. The highest BCUT2D eigenvalue weighted by molar-refractivity contribution is 5.94. The molecule has 3 rings (SSSR count). The van der Waals surface area contributed by atoms with Crippen molar-refractivity contribution in [3.05, 3.63) is 56.9 Å². The Kier molecular flexibility index (Phi) is 3.03. The highest BCUT2D eigenvalue weighted by atomic mass is 16.6. The van der Waals surface area contributed by atoms with Gasteiger partial charge >= 0.3 is 0 Å². The number of non-ortho nitro benzene ring substituents is 1. The first kappa shape index (κ1) is 13.4. The number of anilines is 1. The molecule has 21 heavy (non-hydrogen) atoms. The molecule has 1 aromatic carbocycles. The standard InChI is InChI=1S/C15H15N3O3/c1-8-5-9(2)16-14(8)7-12-11-6-10(18(20)21)3-4-13(11)17-15(12)19/h3-7,15-17,19H,1-2H3/b12-7-. The molecule has 1 atom stereocenters. The average Bonchev–Trinajstić information content (AvgIpc) is 2.90. The van der Waals surface area contributed by atoms with Crippen molar-refractivity contribution in [1.29, 1.82) is 0 Å². The van der Waals surface area contributed by atoms with Crippen LogP contribution >= 0.6 is 0 Å². The first-order valence-corrected chi connectivity index (χ1v) is 6.57. The maximum absolute atomic E-state index is 10.9. The third-order valence-corrected chi connectivity index (χ3v) is 3.60. The fourth-order valence-electron chi connectivity index (χ4n) is 2.59. The summed E-state index contributed by atoms with van der Waals surface area (Å²) >= 11 is 0. The second-order valence-corrected chi connectivity index (χ2v) is 5.18. The van der Waals surface area contributed by atoms with Gasteiger partial charge in [-0.25, -0.2) is 0 Å². The molecule has 0 fully saturated rings. The third-order valence-electron chi connectivity index (χ3n) is 3.60. The highest BCUT2D eigenvalue weighted by Crippen LogP contribution is 2.37. The summed E-state index contributed by atoms with van der Waals surface area (Å²) < 4.78 is 0. The Morgan fingerprint density at radius 1 is 1.33 bits per heavy atom. The van der Waals surface area contributed by atoms with E-state index in [-0.39, 0.29) is 5.69 Å². The van der Waals surface area contributed by atoms with Gasteiger partial charge in [0, 0.05) is 40.3 Å². The minimum atomic E-state index is -0.870. The number of nitrogens with one attached hydrogen (secondary N) is 2. The number of nitrogens with zero attached hydrogens (tertiary/aromatic N) is 1. The number of H-pyrrole nitrogens is 1. The van der Waals surface area contributed by atoms with Crippen molar-refractivity contribution in [1.82, 2.24) is 4.98 Å². The Morgan fingerprint density at radius 3 is 2.71 bits per heavy atom. The van der Waals surface area contributed by atoms with Gasteiger partial charge in [-0.15, -0.1) is 0 Å². The van der Waals surface area contributed by atoms with Crippen LogP contribution in [-0.4, -0.2) is 21.2 Å². The van der Waals surface area contributed by atoms with Crippen LogP contribution in [0.25, 0.3) is 11.6 Å². The lowest BCUT2D eigenvalue weighted by Gasteiger charge is -2.05. The first-order chi connectivity index (χ1) is 9.95. The molecule has 1 aliphatic rings. The van der Waals surface area contributed by atoms with Crippen LogP contribution in [0.3, 0.4) is 0 Å². The van der Waals surface area contributed by atoms with Crippen molar-refractivity contribution < 1.29 is 10.0 Å². The largest absolute Gasteiger partial charge is 0.369 e. The van der Waals surface area contributed by atoms with Crippen LogP contribution in [0.15, 0.2) is 24.3 Å². The van der Waals surface area contributed by atoms with Crippen LogP contribution in [-0.2, 0) is 0 Å². The maximum Gasteiger partial charge on any atom is 0.270 e. The molecule has 0 radical (unpaired) electrons. The predicted molar refractivity (Wildman–Crippen MR) is 80.9 cm³/mol. The van der Waals surface area contributed by atoms with Gasteiger partial charge in [-0.3, -0.25) is 10.1 Å². The molecule has 3 N–H and O–H groups in total. The fourth-order valence-corrected chi connectivity index (χ4v) is 2.59. The Balaban J connectivity index is 2.11. The normalized spacial score (nSPS) is 18.6. The van der Waals surface area contributed by atoms with Crippen molar-refractivity contribution >= 4 is 23.0 Å². The molecule has 0 bridgehead atoms. The fraction of sp³-hybridized carbons (Fsp3) is 0.200. The van der Waals surface area contributed by atoms with Crippen LogP contribution in [0, 0.1) is 24.0 Å². The van der Waals surface area contributed by atoms with Gasteiger partial charge in [0.25, 0.3) is 5.69 Å². The third kappa shape index (κ3) is 2.30. The van der Waals surface area contributed by atoms with Gasteiger partial charge in [0.2, 0.25) is 0 Å². The van der Waals surface area contributed by atoms with E-state index < -0.39 is 11.2 Å². The zero-order chi connectivity index (χ0) is 15.1. The predicted octanol–water partition coefficient (Wildman–Crippen LogP) is 2.82. The second kappa shape index (κ2) is 4.75. The number of aliphatic hydroxyl groups excluding tert-OH is 1. The highest BCUT2D eigenvalue weighted by Gasteiger charge is 2.26. The first-order valence-electron chi connectivity index (χ1n) is 6.57. The zero-order valence-corrected chi connectivity index (χ0v) is 11.7. The summed E-state index contributed by atoms with van der Waals surface area (Å²) in [5, 5.41) is 23.9. The molecule has 0 saturated carbocycles. The van der Waals surface area contributed by atoms with Gasteiger partial charge in [-0.05, 0) is 37.6 Å². The molecule has 6 heteroatoms. The Hall–Kier alpha value is -2.60. The number of aromatic amines is 1. The van der Waals surface area contributed by atoms with Crippen molar-refractivity contribution in [2.45, 2.75) is 20.1 Å². The average molecular weight is 285 g/mol. The second-order valence-electron chi connectivity index (χ2n) is 5.18. The molecule has 0 saturated heterocycles. The molecule has 108 valence electrons. The monoisotopic (exact) mass is 285 g/mol. The number of hydrogen-bond acceptors (Lipinski definition) is 4. The van der Waals surface area contributed by atoms with Crippen molar-refractivity contribution in [2.75, 3.05) is 5.32 Å². The summed E-state index contributed by atoms with van der Waals surface area (Å²) in [6.45, 7) is 3.93. The lowest BCUT2D eigenvalue weighted by molar-refractivity contribution is -0.384. The van der Waals surface area contributed by atoms with E-state index in [1.807, 2.05) is 26.0 Å². The van der Waals surface area contributed by atoms with E-state index in [4.69, 9.17) is 0 Å². The summed E-state index contributed by atoms with van der Waals surface area (Å²) in [5.41, 5.74) is 4.96. The van der Waals surface area contributed by atoms with E-state index in [2.05, 4.69) is 10.3 Å². The van der Waals surface area contributed by atoms with E-state index >= 15 is 0 Å². The number of aryl methyl sites for hydroxylation is 2. The molecule has 0 amide bonds. The maximum atomic E-state index is 10.9. The number of aliphatic hydroxyl groups is 1. The molecule has 2 heterocycles. The molecule has 0 aliphatic carbocycles. The van der Waals surface area contributed by atoms with Gasteiger partial charge in [0.15, 0.2) is 6.23 Å². The Morgan fingerprint density at radius 2 is 2.10 bits per heavy atom. The van der Waals surface area contributed by atoms with Gasteiger partial charge in [-0.1, -0.05) is 0 Å². The Bertz CT molecular complexity index is 762. The van der Waals surface area contributed by atoms with Crippen LogP contribution in [0.5, 0.6) is 0 Å². The summed E-state index contributed by atoms with van der Waals surface area (Å²) in [4.78, 5) is 13.7. The van der Waals surface area contributed by atoms with Crippen molar-refractivity contribution in [3.8, 4) is 0 Å². The lowest BCUT2D eigenvalue weighted by Crippen LogP contribution is -2.12. The van der Waals surface area contributed by atoms with Crippen molar-refractivity contribution in [2.24, 2.45) is 0 Å². The van der Waals surface area contributed by atoms with Crippen LogP contribution in [0.2, 0.25) is 0 Å². The summed E-state index contributed by atoms with van der Waals surface area (Å²) in [5.74, 6) is 0. The van der Waals surface area contributed by atoms with Crippen LogP contribution in [0.1, 0.15) is 22.5 Å². The molecule has 0 spiro atoms. The molecule has 6 nitrogen and oxygen atoms in total. The van der Waals surface area contributed by atoms with E-state index in [0.717, 1.165) is 17.0 Å². The van der Waals surface area contributed by atoms with Gasteiger partial charge < -0.3 is 15.4 Å². The molecule has 1 unspecified atom stereocenters. The topological polar surface area (TPSA) is 91.2 Å². The summed E-state index contributed by atoms with van der Waals surface area (Å²) in [7, 11) is 0. The lowest BCUT2D eigenvalue weighted by atomic mass is 10.0. The van der Waals surface area contributed by atoms with E-state index in [0.29, 0.717) is 16.8 Å². The van der Waals surface area contributed by atoms with E-state index in [9.17, 15) is 15.2 Å². The quantitative estimate of drug-likeness (QED) is 0.584. The number of fused-ring (bicyclic) bond motifs is 1. The molecular formula is C15H15N3O3. The number of hydrogen-bond donors (Lipinski definition) is 3. The number of nitro benzene ring substituents is 1. The van der Waals surface area contributed by atoms with Crippen LogP contribution < -0.4 is 5.32 Å². The molecular weight excluding hydrogens is 270 g/mol. The SMILES string of the molecule is Cc1cc(C)c(/C=C2/c3cc([N+](=O)[O-])ccc3NC2O)[nH]1. The van der Waals surface area contributed by atoms with Crippen molar-refractivity contribution in [3.63, 3.8) is 0 Å². The molecule has 1 aliphatic heterocycles. The van der Waals surface area contributed by atoms with Gasteiger partial charge in [0.05, 0.1) is 4.92 Å². The number of aromatic nitrogens is 1. The zero-order valence-electron chi connectivity index (χ0n) is 11.7. The number of benzene rings is 1. The minimum Gasteiger partial charge on any atom is -0.369 e. The summed E-state index contributed by atoms with van der Waals surface area (Å²) in [6.07, 6.45) is 0.959. The molecule has 2 aromatic rings. The number of nitro groups is 1. The Labute approximate surface area is 121 Å². The smallest absolute Gasteiger partial charge is 0.270 e. The molecule has 1 aromatic heterocycles. The van der Waals surface area contributed by atoms with Gasteiger partial charge in [-0.2, -0.15) is 0 Å². The van der Waals surface area contributed by atoms with Crippen LogP contribution in [0.4, 0.5) is 11.4 Å². The van der Waals surface area contributed by atoms with Gasteiger partial charge in [0.1, 0.15) is 0 Å². The minimum absolute atomic E-state index is 0.00920. The summed E-state index contributed by atoms with van der Waals surface area (Å²) in [6, 6.07) is 6.53. The van der Waals surface area contributed by atoms with E-state index in [1.54, 1.807) is 6.07 Å².